The number of hydrogen-bond acceptors (Lipinski definition) is 2. The Labute approximate surface area is 102 Å². The number of nitrogens with two attached hydrogens (primary N) is 1. The van der Waals surface area contributed by atoms with E-state index in [1.807, 2.05) is 0 Å². The SMILES string of the molecule is CC(N)CC(=O)Nc1ccc(Cl)cc1Br. The molecular formula is C10H12BrClN2O. The predicted octanol–water partition coefficient (Wildman–Crippen LogP) is 2.78. The number of anilines is 1. The molecule has 0 fully saturated rings. The maximum atomic E-state index is 11.4. The monoisotopic (exact) mass is 290 g/mol. The molecule has 3 nitrogen and oxygen atoms in total. The molecule has 1 amide bonds. The van der Waals surface area contributed by atoms with Crippen molar-refractivity contribution in [3.63, 3.8) is 0 Å². The van der Waals surface area contributed by atoms with E-state index in [1.54, 1.807) is 25.1 Å². The van der Waals surface area contributed by atoms with Crippen molar-refractivity contribution in [3.05, 3.63) is 27.7 Å². The molecule has 0 radical (unpaired) electrons. The Kier molecular flexibility index (Phi) is 4.57. The third-order valence-corrected chi connectivity index (χ3v) is 2.60. The molecule has 0 heterocycles. The largest absolute Gasteiger partial charge is 0.327 e. The molecule has 1 atom stereocenters. The Morgan fingerprint density at radius 2 is 2.33 bits per heavy atom. The first-order valence-electron chi connectivity index (χ1n) is 4.49. The zero-order valence-electron chi connectivity index (χ0n) is 8.26. The Morgan fingerprint density at radius 3 is 2.87 bits per heavy atom. The van der Waals surface area contributed by atoms with Gasteiger partial charge in [-0.15, -0.1) is 0 Å². The molecule has 0 saturated carbocycles. The molecule has 1 aromatic carbocycles. The van der Waals surface area contributed by atoms with Gasteiger partial charge in [0.25, 0.3) is 0 Å². The summed E-state index contributed by atoms with van der Waals surface area (Å²) in [6.07, 6.45) is 0.301. The minimum Gasteiger partial charge on any atom is -0.327 e. The summed E-state index contributed by atoms with van der Waals surface area (Å²) in [7, 11) is 0. The first kappa shape index (κ1) is 12.5. The standard InChI is InChI=1S/C10H12BrClN2O/c1-6(13)4-10(15)14-9-3-2-7(12)5-8(9)11/h2-3,5-6H,4,13H2,1H3,(H,14,15). The van der Waals surface area contributed by atoms with Crippen LogP contribution in [0.1, 0.15) is 13.3 Å². The average Bonchev–Trinajstić information content (AvgIpc) is 2.08. The van der Waals surface area contributed by atoms with Crippen LogP contribution >= 0.6 is 27.5 Å². The van der Waals surface area contributed by atoms with Crippen molar-refractivity contribution in [1.29, 1.82) is 0 Å². The van der Waals surface area contributed by atoms with Gasteiger partial charge >= 0.3 is 0 Å². The van der Waals surface area contributed by atoms with Gasteiger partial charge in [0.15, 0.2) is 0 Å². The predicted molar refractivity (Wildman–Crippen MR) is 66.0 cm³/mol. The van der Waals surface area contributed by atoms with E-state index in [9.17, 15) is 4.79 Å². The van der Waals surface area contributed by atoms with E-state index in [-0.39, 0.29) is 11.9 Å². The molecule has 0 spiro atoms. The van der Waals surface area contributed by atoms with Crippen LogP contribution in [-0.4, -0.2) is 11.9 Å². The molecule has 3 N–H and O–H groups in total. The van der Waals surface area contributed by atoms with E-state index in [4.69, 9.17) is 17.3 Å². The molecule has 0 aliphatic carbocycles. The minimum absolute atomic E-state index is 0.104. The summed E-state index contributed by atoms with van der Waals surface area (Å²) >= 11 is 9.09. The Hall–Kier alpha value is -0.580. The maximum Gasteiger partial charge on any atom is 0.225 e. The van der Waals surface area contributed by atoms with Gasteiger partial charge in [0, 0.05) is 22.0 Å². The second-order valence-electron chi connectivity index (χ2n) is 3.35. The number of rotatable bonds is 3. The summed E-state index contributed by atoms with van der Waals surface area (Å²) in [6.45, 7) is 1.79. The second kappa shape index (κ2) is 5.49. The van der Waals surface area contributed by atoms with E-state index in [1.165, 1.54) is 0 Å². The average molecular weight is 292 g/mol. The molecule has 82 valence electrons. The number of nitrogens with one attached hydrogen (secondary N) is 1. The molecule has 1 rings (SSSR count). The second-order valence-corrected chi connectivity index (χ2v) is 4.64. The molecule has 0 aliphatic heterocycles. The van der Waals surface area contributed by atoms with E-state index >= 15 is 0 Å². The molecule has 0 aliphatic rings. The van der Waals surface area contributed by atoms with Crippen molar-refractivity contribution >= 4 is 39.1 Å². The molecule has 1 unspecified atom stereocenters. The topological polar surface area (TPSA) is 55.1 Å². The van der Waals surface area contributed by atoms with Crippen LogP contribution in [0.2, 0.25) is 5.02 Å². The van der Waals surface area contributed by atoms with Crippen molar-refractivity contribution in [2.45, 2.75) is 19.4 Å². The lowest BCUT2D eigenvalue weighted by atomic mass is 10.2. The number of hydrogen-bond donors (Lipinski definition) is 2. The number of carbonyl (C=O) groups is 1. The Bertz CT molecular complexity index is 368. The minimum atomic E-state index is -0.143. The summed E-state index contributed by atoms with van der Waals surface area (Å²) in [6, 6.07) is 5.04. The van der Waals surface area contributed by atoms with Gasteiger partial charge in [-0.25, -0.2) is 0 Å². The van der Waals surface area contributed by atoms with Crippen LogP contribution in [-0.2, 0) is 4.79 Å². The number of benzene rings is 1. The van der Waals surface area contributed by atoms with Gasteiger partial charge in [-0.3, -0.25) is 4.79 Å². The van der Waals surface area contributed by atoms with Gasteiger partial charge in [-0.05, 0) is 41.1 Å². The lowest BCUT2D eigenvalue weighted by Crippen LogP contribution is -2.24. The van der Waals surface area contributed by atoms with Crippen LogP contribution in [0, 0.1) is 0 Å². The molecule has 1 aromatic rings. The van der Waals surface area contributed by atoms with Crippen molar-refractivity contribution in [1.82, 2.24) is 0 Å². The van der Waals surface area contributed by atoms with Crippen LogP contribution in [0.25, 0.3) is 0 Å². The van der Waals surface area contributed by atoms with Gasteiger partial charge in [0.2, 0.25) is 5.91 Å². The number of amides is 1. The van der Waals surface area contributed by atoms with Crippen LogP contribution in [0.5, 0.6) is 0 Å². The van der Waals surface area contributed by atoms with Crippen LogP contribution in [0.3, 0.4) is 0 Å². The first-order chi connectivity index (χ1) is 6.99. The van der Waals surface area contributed by atoms with Crippen molar-refractivity contribution < 1.29 is 4.79 Å². The van der Waals surface area contributed by atoms with Crippen LogP contribution in [0.4, 0.5) is 5.69 Å². The maximum absolute atomic E-state index is 11.4. The van der Waals surface area contributed by atoms with Crippen molar-refractivity contribution in [3.8, 4) is 0 Å². The molecule has 0 bridgehead atoms. The van der Waals surface area contributed by atoms with E-state index < -0.39 is 0 Å². The lowest BCUT2D eigenvalue weighted by Gasteiger charge is -2.09. The summed E-state index contributed by atoms with van der Waals surface area (Å²) in [5.74, 6) is -0.104. The van der Waals surface area contributed by atoms with Gasteiger partial charge in [0.1, 0.15) is 0 Å². The number of carbonyl (C=O) groups excluding carboxylic acids is 1. The number of halogens is 2. The van der Waals surface area contributed by atoms with E-state index in [2.05, 4.69) is 21.2 Å². The highest BCUT2D eigenvalue weighted by Crippen LogP contribution is 2.25. The highest BCUT2D eigenvalue weighted by atomic mass is 79.9. The lowest BCUT2D eigenvalue weighted by molar-refractivity contribution is -0.116. The van der Waals surface area contributed by atoms with Gasteiger partial charge in [-0.2, -0.15) is 0 Å². The highest BCUT2D eigenvalue weighted by molar-refractivity contribution is 9.10. The smallest absolute Gasteiger partial charge is 0.225 e. The fraction of sp³-hybridized carbons (Fsp3) is 0.300. The third kappa shape index (κ3) is 4.20. The third-order valence-electron chi connectivity index (χ3n) is 1.71. The molecule has 0 aromatic heterocycles. The molecule has 5 heteroatoms. The normalized spacial score (nSPS) is 12.3. The summed E-state index contributed by atoms with van der Waals surface area (Å²) in [4.78, 5) is 11.4. The van der Waals surface area contributed by atoms with Crippen LogP contribution in [0.15, 0.2) is 22.7 Å². The van der Waals surface area contributed by atoms with Gasteiger partial charge in [-0.1, -0.05) is 11.6 Å². The molecule has 15 heavy (non-hydrogen) atoms. The summed E-state index contributed by atoms with van der Waals surface area (Å²) in [5, 5.41) is 3.36. The molecular weight excluding hydrogens is 279 g/mol. The van der Waals surface area contributed by atoms with Crippen molar-refractivity contribution in [2.24, 2.45) is 5.73 Å². The van der Waals surface area contributed by atoms with E-state index in [0.29, 0.717) is 17.1 Å². The summed E-state index contributed by atoms with van der Waals surface area (Å²) in [5.41, 5.74) is 6.21. The fourth-order valence-corrected chi connectivity index (χ4v) is 1.87. The Morgan fingerprint density at radius 1 is 1.67 bits per heavy atom. The first-order valence-corrected chi connectivity index (χ1v) is 5.66. The fourth-order valence-electron chi connectivity index (χ4n) is 1.08. The van der Waals surface area contributed by atoms with Crippen LogP contribution < -0.4 is 11.1 Å². The van der Waals surface area contributed by atoms with Gasteiger partial charge in [0.05, 0.1) is 5.69 Å². The Balaban J connectivity index is 2.68. The summed E-state index contributed by atoms with van der Waals surface area (Å²) < 4.78 is 0.757. The quantitative estimate of drug-likeness (QED) is 0.900. The zero-order valence-corrected chi connectivity index (χ0v) is 10.6. The van der Waals surface area contributed by atoms with E-state index in [0.717, 1.165) is 4.47 Å². The molecule has 0 saturated heterocycles. The highest BCUT2D eigenvalue weighted by Gasteiger charge is 2.07. The van der Waals surface area contributed by atoms with Gasteiger partial charge < -0.3 is 11.1 Å². The van der Waals surface area contributed by atoms with Crippen molar-refractivity contribution in [2.75, 3.05) is 5.32 Å². The zero-order chi connectivity index (χ0) is 11.4.